The predicted octanol–water partition coefficient (Wildman–Crippen LogP) is 0.924. The molecule has 1 spiro atoms. The van der Waals surface area contributed by atoms with Crippen LogP contribution < -0.4 is 5.32 Å². The Morgan fingerprint density at radius 3 is 2.67 bits per heavy atom. The van der Waals surface area contributed by atoms with Crippen molar-refractivity contribution in [2.75, 3.05) is 6.54 Å². The lowest BCUT2D eigenvalue weighted by Gasteiger charge is -2.52. The molecule has 2 aliphatic rings. The zero-order valence-corrected chi connectivity index (χ0v) is 10.3. The quantitative estimate of drug-likeness (QED) is 0.787. The summed E-state index contributed by atoms with van der Waals surface area (Å²) in [6, 6.07) is 9.81. The fraction of sp³-hybridized carbons (Fsp3) is 0.429. The fourth-order valence-corrected chi connectivity index (χ4v) is 3.09. The molecule has 0 bridgehead atoms. The van der Waals surface area contributed by atoms with Crippen LogP contribution in [0.15, 0.2) is 30.3 Å². The minimum atomic E-state index is -0.590. The van der Waals surface area contributed by atoms with Crippen LogP contribution in [0.4, 0.5) is 0 Å². The number of carbonyl (C=O) groups is 2. The van der Waals surface area contributed by atoms with E-state index in [-0.39, 0.29) is 17.7 Å². The zero-order valence-electron chi connectivity index (χ0n) is 10.3. The first-order chi connectivity index (χ1) is 8.66. The van der Waals surface area contributed by atoms with Gasteiger partial charge in [0.25, 0.3) is 0 Å². The third-order valence-electron chi connectivity index (χ3n) is 4.20. The van der Waals surface area contributed by atoms with Crippen molar-refractivity contribution in [2.24, 2.45) is 5.92 Å². The molecule has 94 valence electrons. The Labute approximate surface area is 106 Å². The molecule has 0 radical (unpaired) electrons. The standard InChI is InChI=1S/C14H16N2O2/c1-10-12(17)16(9-11-5-3-2-4-6-11)14(10)7-8-15-13(14)18/h2-6,10H,7-9H2,1H3,(H,15,18)/t10-,14+/m0/s1. The number of nitrogens with zero attached hydrogens (tertiary/aromatic N) is 1. The maximum absolute atomic E-state index is 12.0. The summed E-state index contributed by atoms with van der Waals surface area (Å²) in [6.07, 6.45) is 0.728. The third-order valence-corrected chi connectivity index (χ3v) is 4.20. The lowest BCUT2D eigenvalue weighted by molar-refractivity contribution is -0.175. The lowest BCUT2D eigenvalue weighted by atomic mass is 9.72. The van der Waals surface area contributed by atoms with Crippen molar-refractivity contribution < 1.29 is 9.59 Å². The topological polar surface area (TPSA) is 49.4 Å². The third kappa shape index (κ3) is 1.32. The Kier molecular flexibility index (Phi) is 2.40. The molecule has 2 saturated heterocycles. The number of hydrogen-bond acceptors (Lipinski definition) is 2. The summed E-state index contributed by atoms with van der Waals surface area (Å²) in [5, 5.41) is 2.85. The highest BCUT2D eigenvalue weighted by atomic mass is 16.2. The molecule has 2 atom stereocenters. The molecule has 2 amide bonds. The maximum atomic E-state index is 12.0. The van der Waals surface area contributed by atoms with Gasteiger partial charge in [-0.05, 0) is 12.0 Å². The van der Waals surface area contributed by atoms with Gasteiger partial charge in [-0.25, -0.2) is 0 Å². The number of benzene rings is 1. The van der Waals surface area contributed by atoms with Crippen LogP contribution in [-0.2, 0) is 16.1 Å². The molecule has 0 aromatic heterocycles. The van der Waals surface area contributed by atoms with Gasteiger partial charge in [0.1, 0.15) is 5.54 Å². The molecule has 1 aromatic rings. The van der Waals surface area contributed by atoms with Crippen LogP contribution in [0.2, 0.25) is 0 Å². The summed E-state index contributed by atoms with van der Waals surface area (Å²) in [4.78, 5) is 25.8. The first-order valence-corrected chi connectivity index (χ1v) is 6.30. The van der Waals surface area contributed by atoms with E-state index in [1.807, 2.05) is 37.3 Å². The normalized spacial score (nSPS) is 30.5. The van der Waals surface area contributed by atoms with E-state index >= 15 is 0 Å². The van der Waals surface area contributed by atoms with Gasteiger partial charge in [-0.15, -0.1) is 0 Å². The molecule has 2 fully saturated rings. The van der Waals surface area contributed by atoms with E-state index in [1.165, 1.54) is 0 Å². The van der Waals surface area contributed by atoms with Crippen molar-refractivity contribution in [2.45, 2.75) is 25.4 Å². The van der Waals surface area contributed by atoms with E-state index in [0.717, 1.165) is 12.0 Å². The Hall–Kier alpha value is -1.84. The van der Waals surface area contributed by atoms with Crippen LogP contribution >= 0.6 is 0 Å². The van der Waals surface area contributed by atoms with E-state index in [1.54, 1.807) is 4.90 Å². The fourth-order valence-electron chi connectivity index (χ4n) is 3.09. The number of hydrogen-bond donors (Lipinski definition) is 1. The highest BCUT2D eigenvalue weighted by molar-refractivity contribution is 6.04. The lowest BCUT2D eigenvalue weighted by Crippen LogP contribution is -2.72. The van der Waals surface area contributed by atoms with Crippen molar-refractivity contribution in [3.05, 3.63) is 35.9 Å². The molecular formula is C14H16N2O2. The minimum absolute atomic E-state index is 0.00512. The second kappa shape index (κ2) is 3.83. The minimum Gasteiger partial charge on any atom is -0.354 e. The summed E-state index contributed by atoms with van der Waals surface area (Å²) < 4.78 is 0. The summed E-state index contributed by atoms with van der Waals surface area (Å²) in [7, 11) is 0. The maximum Gasteiger partial charge on any atom is 0.246 e. The average Bonchev–Trinajstić information content (AvgIpc) is 2.80. The Morgan fingerprint density at radius 1 is 1.33 bits per heavy atom. The van der Waals surface area contributed by atoms with Gasteiger partial charge >= 0.3 is 0 Å². The Balaban J connectivity index is 1.87. The molecule has 18 heavy (non-hydrogen) atoms. The Bertz CT molecular complexity index is 500. The molecule has 0 aliphatic carbocycles. The van der Waals surface area contributed by atoms with E-state index in [2.05, 4.69) is 5.32 Å². The van der Waals surface area contributed by atoms with Gasteiger partial charge in [0.05, 0.1) is 5.92 Å². The number of nitrogens with one attached hydrogen (secondary N) is 1. The number of β-lactam (4-membered cyclic amide) rings is 1. The van der Waals surface area contributed by atoms with Crippen LogP contribution in [0.5, 0.6) is 0 Å². The van der Waals surface area contributed by atoms with Gasteiger partial charge in [-0.3, -0.25) is 9.59 Å². The first-order valence-electron chi connectivity index (χ1n) is 6.30. The highest BCUT2D eigenvalue weighted by Gasteiger charge is 2.63. The number of likely N-dealkylation sites (tertiary alicyclic amines) is 1. The molecule has 2 heterocycles. The molecular weight excluding hydrogens is 228 g/mol. The van der Waals surface area contributed by atoms with Crippen molar-refractivity contribution in [1.82, 2.24) is 10.2 Å². The molecule has 0 saturated carbocycles. The van der Waals surface area contributed by atoms with Crippen molar-refractivity contribution >= 4 is 11.8 Å². The van der Waals surface area contributed by atoms with Gasteiger partial charge in [0.15, 0.2) is 0 Å². The molecule has 0 unspecified atom stereocenters. The average molecular weight is 244 g/mol. The van der Waals surface area contributed by atoms with Gasteiger partial charge in [-0.1, -0.05) is 37.3 Å². The van der Waals surface area contributed by atoms with Gasteiger partial charge in [-0.2, -0.15) is 0 Å². The molecule has 4 nitrogen and oxygen atoms in total. The van der Waals surface area contributed by atoms with Crippen molar-refractivity contribution in [3.8, 4) is 0 Å². The summed E-state index contributed by atoms with van der Waals surface area (Å²) >= 11 is 0. The summed E-state index contributed by atoms with van der Waals surface area (Å²) in [5.41, 5.74) is 0.476. The van der Waals surface area contributed by atoms with Gasteiger partial charge in [0, 0.05) is 13.1 Å². The van der Waals surface area contributed by atoms with E-state index in [9.17, 15) is 9.59 Å². The molecule has 1 aromatic carbocycles. The van der Waals surface area contributed by atoms with Crippen LogP contribution in [0, 0.1) is 5.92 Å². The molecule has 4 heteroatoms. The molecule has 1 N–H and O–H groups in total. The van der Waals surface area contributed by atoms with Crippen LogP contribution in [0.1, 0.15) is 18.9 Å². The number of amides is 2. The van der Waals surface area contributed by atoms with Crippen LogP contribution in [-0.4, -0.2) is 28.8 Å². The zero-order chi connectivity index (χ0) is 12.8. The second-order valence-electron chi connectivity index (χ2n) is 5.06. The van der Waals surface area contributed by atoms with Crippen molar-refractivity contribution in [1.29, 1.82) is 0 Å². The highest BCUT2D eigenvalue weighted by Crippen LogP contribution is 2.43. The van der Waals surface area contributed by atoms with E-state index in [0.29, 0.717) is 13.1 Å². The largest absolute Gasteiger partial charge is 0.354 e. The second-order valence-corrected chi connectivity index (χ2v) is 5.06. The van der Waals surface area contributed by atoms with E-state index in [4.69, 9.17) is 0 Å². The number of rotatable bonds is 2. The Morgan fingerprint density at radius 2 is 2.06 bits per heavy atom. The molecule has 2 aliphatic heterocycles. The van der Waals surface area contributed by atoms with Crippen LogP contribution in [0.25, 0.3) is 0 Å². The van der Waals surface area contributed by atoms with Gasteiger partial charge in [0.2, 0.25) is 11.8 Å². The molecule has 3 rings (SSSR count). The number of carbonyl (C=O) groups excluding carboxylic acids is 2. The predicted molar refractivity (Wildman–Crippen MR) is 66.5 cm³/mol. The smallest absolute Gasteiger partial charge is 0.246 e. The first kappa shape index (κ1) is 11.3. The van der Waals surface area contributed by atoms with Crippen LogP contribution in [0.3, 0.4) is 0 Å². The SMILES string of the molecule is C[C@H]1C(=O)N(Cc2ccccc2)[C@]12CCNC2=O. The van der Waals surface area contributed by atoms with E-state index < -0.39 is 5.54 Å². The summed E-state index contributed by atoms with van der Waals surface area (Å²) in [5.74, 6) is -0.106. The monoisotopic (exact) mass is 244 g/mol. The summed E-state index contributed by atoms with van der Waals surface area (Å²) in [6.45, 7) is 3.05. The van der Waals surface area contributed by atoms with Gasteiger partial charge < -0.3 is 10.2 Å². The van der Waals surface area contributed by atoms with Crippen molar-refractivity contribution in [3.63, 3.8) is 0 Å².